The summed E-state index contributed by atoms with van der Waals surface area (Å²) >= 11 is 0. The van der Waals surface area contributed by atoms with Crippen molar-refractivity contribution >= 4 is 11.8 Å². The van der Waals surface area contributed by atoms with Crippen molar-refractivity contribution in [1.29, 1.82) is 0 Å². The standard InChI is InChI=1S/C20H33N3O2/c1-4-5-6-14-22-19(24)17-9-11-18(12-10-17)20(25)23-15-8-7-13-21-16(2)3/h9-12,16,21H,4-8,13-15H2,1-3H3,(H,22,24)(H,23,25). The number of unbranched alkanes of at least 4 members (excludes halogenated alkanes) is 3. The van der Waals surface area contributed by atoms with Crippen molar-refractivity contribution in [2.24, 2.45) is 0 Å². The van der Waals surface area contributed by atoms with Crippen molar-refractivity contribution in [1.82, 2.24) is 16.0 Å². The van der Waals surface area contributed by atoms with Crippen LogP contribution in [0.2, 0.25) is 0 Å². The molecule has 2 amide bonds. The number of carbonyl (C=O) groups is 2. The summed E-state index contributed by atoms with van der Waals surface area (Å²) in [6, 6.07) is 7.32. The van der Waals surface area contributed by atoms with E-state index in [1.54, 1.807) is 24.3 Å². The van der Waals surface area contributed by atoms with Gasteiger partial charge in [-0.1, -0.05) is 33.6 Å². The molecule has 0 saturated heterocycles. The van der Waals surface area contributed by atoms with Gasteiger partial charge in [0.2, 0.25) is 0 Å². The van der Waals surface area contributed by atoms with Crippen LogP contribution in [0.4, 0.5) is 0 Å². The van der Waals surface area contributed by atoms with E-state index in [1.165, 1.54) is 0 Å². The summed E-state index contributed by atoms with van der Waals surface area (Å²) in [6.07, 6.45) is 5.23. The number of hydrogen-bond acceptors (Lipinski definition) is 3. The lowest BCUT2D eigenvalue weighted by atomic mass is 10.1. The third-order valence-electron chi connectivity index (χ3n) is 3.92. The number of amides is 2. The summed E-state index contributed by atoms with van der Waals surface area (Å²) in [4.78, 5) is 24.1. The molecule has 1 aromatic carbocycles. The molecule has 0 radical (unpaired) electrons. The minimum Gasteiger partial charge on any atom is -0.352 e. The van der Waals surface area contributed by atoms with E-state index in [1.807, 2.05) is 0 Å². The number of benzene rings is 1. The summed E-state index contributed by atoms with van der Waals surface area (Å²) < 4.78 is 0. The van der Waals surface area contributed by atoms with Gasteiger partial charge in [-0.15, -0.1) is 0 Å². The molecule has 0 aliphatic carbocycles. The zero-order valence-corrected chi connectivity index (χ0v) is 15.9. The van der Waals surface area contributed by atoms with Crippen LogP contribution in [0.25, 0.3) is 0 Å². The zero-order valence-electron chi connectivity index (χ0n) is 15.9. The molecule has 0 aliphatic rings. The van der Waals surface area contributed by atoms with Crippen molar-refractivity contribution in [2.45, 2.75) is 58.9 Å². The van der Waals surface area contributed by atoms with Gasteiger partial charge in [-0.2, -0.15) is 0 Å². The van der Waals surface area contributed by atoms with Crippen molar-refractivity contribution in [3.05, 3.63) is 35.4 Å². The average Bonchev–Trinajstić information content (AvgIpc) is 2.61. The molecule has 0 bridgehead atoms. The fourth-order valence-corrected chi connectivity index (χ4v) is 2.40. The normalized spacial score (nSPS) is 10.7. The molecule has 0 unspecified atom stereocenters. The van der Waals surface area contributed by atoms with Crippen LogP contribution in [-0.2, 0) is 0 Å². The van der Waals surface area contributed by atoms with Crippen LogP contribution in [0.1, 0.15) is 73.6 Å². The molecule has 25 heavy (non-hydrogen) atoms. The number of rotatable bonds is 12. The molecule has 0 aliphatic heterocycles. The fourth-order valence-electron chi connectivity index (χ4n) is 2.40. The molecule has 0 aromatic heterocycles. The molecule has 0 spiro atoms. The summed E-state index contributed by atoms with van der Waals surface area (Å²) in [7, 11) is 0. The van der Waals surface area contributed by atoms with Crippen LogP contribution >= 0.6 is 0 Å². The highest BCUT2D eigenvalue weighted by Gasteiger charge is 2.08. The lowest BCUT2D eigenvalue weighted by molar-refractivity contribution is 0.0941. The van der Waals surface area contributed by atoms with Crippen LogP contribution in [-0.4, -0.2) is 37.5 Å². The molecular formula is C20H33N3O2. The molecule has 0 fully saturated rings. The molecule has 3 N–H and O–H groups in total. The van der Waals surface area contributed by atoms with Crippen molar-refractivity contribution < 1.29 is 9.59 Å². The molecule has 1 aromatic rings. The van der Waals surface area contributed by atoms with Gasteiger partial charge in [0.1, 0.15) is 0 Å². The largest absolute Gasteiger partial charge is 0.352 e. The Morgan fingerprint density at radius 2 is 1.24 bits per heavy atom. The Bertz CT molecular complexity index is 512. The van der Waals surface area contributed by atoms with E-state index >= 15 is 0 Å². The molecule has 5 heteroatoms. The second-order valence-electron chi connectivity index (χ2n) is 6.61. The first-order valence-electron chi connectivity index (χ1n) is 9.44. The van der Waals surface area contributed by atoms with Crippen molar-refractivity contribution in [2.75, 3.05) is 19.6 Å². The Kier molecular flexibility index (Phi) is 10.6. The first-order valence-corrected chi connectivity index (χ1v) is 9.44. The monoisotopic (exact) mass is 347 g/mol. The number of carbonyl (C=O) groups excluding carboxylic acids is 2. The molecule has 0 saturated carbocycles. The van der Waals surface area contributed by atoms with Crippen molar-refractivity contribution in [3.63, 3.8) is 0 Å². The maximum Gasteiger partial charge on any atom is 0.251 e. The van der Waals surface area contributed by atoms with Crippen LogP contribution in [0.3, 0.4) is 0 Å². The summed E-state index contributed by atoms with van der Waals surface area (Å²) in [5.41, 5.74) is 1.18. The Morgan fingerprint density at radius 1 is 0.800 bits per heavy atom. The summed E-state index contributed by atoms with van der Waals surface area (Å²) in [5, 5.41) is 9.17. The maximum atomic E-state index is 12.1. The van der Waals surface area contributed by atoms with E-state index in [9.17, 15) is 9.59 Å². The quantitative estimate of drug-likeness (QED) is 0.509. The third-order valence-corrected chi connectivity index (χ3v) is 3.92. The smallest absolute Gasteiger partial charge is 0.251 e. The van der Waals surface area contributed by atoms with Gasteiger partial charge < -0.3 is 16.0 Å². The van der Waals surface area contributed by atoms with Gasteiger partial charge in [0.25, 0.3) is 11.8 Å². The Hall–Kier alpha value is -1.88. The fraction of sp³-hybridized carbons (Fsp3) is 0.600. The van der Waals surface area contributed by atoms with Gasteiger partial charge in [-0.05, 0) is 50.1 Å². The average molecular weight is 348 g/mol. The highest BCUT2D eigenvalue weighted by molar-refractivity contribution is 5.97. The second-order valence-corrected chi connectivity index (χ2v) is 6.61. The minimum absolute atomic E-state index is 0.0827. The van der Waals surface area contributed by atoms with Crippen LogP contribution in [0.15, 0.2) is 24.3 Å². The van der Waals surface area contributed by atoms with Gasteiger partial charge in [-0.25, -0.2) is 0 Å². The summed E-state index contributed by atoms with van der Waals surface area (Å²) in [5.74, 6) is -0.174. The van der Waals surface area contributed by atoms with Gasteiger partial charge in [-0.3, -0.25) is 9.59 Å². The van der Waals surface area contributed by atoms with Gasteiger partial charge in [0.15, 0.2) is 0 Å². The molecular weight excluding hydrogens is 314 g/mol. The number of nitrogens with one attached hydrogen (secondary N) is 3. The lowest BCUT2D eigenvalue weighted by Gasteiger charge is -2.09. The van der Waals surface area contributed by atoms with Crippen LogP contribution in [0, 0.1) is 0 Å². The number of hydrogen-bond donors (Lipinski definition) is 3. The SMILES string of the molecule is CCCCCNC(=O)c1ccc(C(=O)NCCCCNC(C)C)cc1. The molecule has 5 nitrogen and oxygen atoms in total. The van der Waals surface area contributed by atoms with E-state index in [4.69, 9.17) is 0 Å². The van der Waals surface area contributed by atoms with E-state index in [-0.39, 0.29) is 11.8 Å². The van der Waals surface area contributed by atoms with Gasteiger partial charge in [0, 0.05) is 30.3 Å². The maximum absolute atomic E-state index is 12.1. The Balaban J connectivity index is 2.30. The van der Waals surface area contributed by atoms with Crippen LogP contribution in [0.5, 0.6) is 0 Å². The molecule has 0 atom stereocenters. The predicted octanol–water partition coefficient (Wildman–Crippen LogP) is 3.11. The molecule has 1 rings (SSSR count). The first-order chi connectivity index (χ1) is 12.0. The van der Waals surface area contributed by atoms with Gasteiger partial charge >= 0.3 is 0 Å². The zero-order chi connectivity index (χ0) is 18.5. The Labute approximate surface area is 152 Å². The van der Waals surface area contributed by atoms with E-state index < -0.39 is 0 Å². The van der Waals surface area contributed by atoms with Gasteiger partial charge in [0.05, 0.1) is 0 Å². The third kappa shape index (κ3) is 9.25. The summed E-state index contributed by atoms with van der Waals surface area (Å²) in [6.45, 7) is 8.70. The predicted molar refractivity (Wildman–Crippen MR) is 103 cm³/mol. The first kappa shape index (κ1) is 21.2. The lowest BCUT2D eigenvalue weighted by Crippen LogP contribution is -2.27. The molecule has 140 valence electrons. The van der Waals surface area contributed by atoms with E-state index in [0.717, 1.165) is 38.6 Å². The second kappa shape index (κ2) is 12.5. The van der Waals surface area contributed by atoms with Crippen molar-refractivity contribution in [3.8, 4) is 0 Å². The van der Waals surface area contributed by atoms with E-state index in [2.05, 4.69) is 36.7 Å². The highest BCUT2D eigenvalue weighted by Crippen LogP contribution is 2.05. The Morgan fingerprint density at radius 3 is 1.68 bits per heavy atom. The minimum atomic E-state index is -0.0910. The van der Waals surface area contributed by atoms with Crippen LogP contribution < -0.4 is 16.0 Å². The topological polar surface area (TPSA) is 70.2 Å². The van der Waals surface area contributed by atoms with E-state index in [0.29, 0.717) is 30.3 Å². The molecule has 0 heterocycles. The highest BCUT2D eigenvalue weighted by atomic mass is 16.2.